The number of hydrogen-bond acceptors (Lipinski definition) is 2. The van der Waals surface area contributed by atoms with E-state index in [2.05, 4.69) is 11.8 Å². The first-order valence-corrected chi connectivity index (χ1v) is 7.16. The minimum Gasteiger partial charge on any atom is -0.392 e. The molecule has 0 aliphatic carbocycles. The van der Waals surface area contributed by atoms with Crippen molar-refractivity contribution in [2.75, 3.05) is 11.9 Å². The highest BCUT2D eigenvalue weighted by molar-refractivity contribution is 6.31. The van der Waals surface area contributed by atoms with Crippen LogP contribution in [0.25, 0.3) is 0 Å². The molecule has 4 heteroatoms. The summed E-state index contributed by atoms with van der Waals surface area (Å²) in [7, 11) is 2.02. The number of rotatable bonds is 4. The van der Waals surface area contributed by atoms with Crippen LogP contribution in [-0.2, 0) is 6.61 Å². The van der Waals surface area contributed by atoms with Crippen molar-refractivity contribution in [3.63, 3.8) is 0 Å². The molecule has 1 unspecified atom stereocenters. The molecular weight excluding hydrogens is 293 g/mol. The molecule has 0 aromatic heterocycles. The van der Waals surface area contributed by atoms with Gasteiger partial charge >= 0.3 is 0 Å². The smallest absolute Gasteiger partial charge is 0.0696 e. The summed E-state index contributed by atoms with van der Waals surface area (Å²) in [6.45, 7) is 2.08. The molecule has 0 saturated carbocycles. The lowest BCUT2D eigenvalue weighted by molar-refractivity contribution is 0.282. The minimum absolute atomic E-state index is 0.0461. The fraction of sp³-hybridized carbons (Fsp3) is 0.250. The van der Waals surface area contributed by atoms with Crippen molar-refractivity contribution in [3.8, 4) is 0 Å². The summed E-state index contributed by atoms with van der Waals surface area (Å²) < 4.78 is 0. The van der Waals surface area contributed by atoms with Crippen molar-refractivity contribution in [1.29, 1.82) is 0 Å². The first-order valence-electron chi connectivity index (χ1n) is 6.40. The molecule has 2 aromatic rings. The molecule has 1 N–H and O–H groups in total. The molecule has 0 fully saturated rings. The monoisotopic (exact) mass is 309 g/mol. The van der Waals surface area contributed by atoms with Crippen molar-refractivity contribution in [3.05, 3.63) is 63.6 Å². The van der Waals surface area contributed by atoms with Crippen LogP contribution in [0.4, 0.5) is 5.69 Å². The Morgan fingerprint density at radius 3 is 2.30 bits per heavy atom. The van der Waals surface area contributed by atoms with Crippen molar-refractivity contribution < 1.29 is 5.11 Å². The molecule has 2 aromatic carbocycles. The molecule has 106 valence electrons. The second-order valence-electron chi connectivity index (χ2n) is 4.77. The van der Waals surface area contributed by atoms with Crippen LogP contribution < -0.4 is 4.90 Å². The maximum atomic E-state index is 9.15. The Bertz CT molecular complexity index is 584. The second kappa shape index (κ2) is 6.49. The lowest BCUT2D eigenvalue weighted by atomic mass is 10.1. The van der Waals surface area contributed by atoms with E-state index in [0.717, 1.165) is 16.3 Å². The van der Waals surface area contributed by atoms with Crippen LogP contribution in [0, 0.1) is 0 Å². The van der Waals surface area contributed by atoms with Crippen molar-refractivity contribution in [2.45, 2.75) is 19.6 Å². The molecule has 0 amide bonds. The van der Waals surface area contributed by atoms with E-state index in [1.54, 1.807) is 0 Å². The van der Waals surface area contributed by atoms with E-state index in [0.29, 0.717) is 5.02 Å². The van der Waals surface area contributed by atoms with Gasteiger partial charge in [-0.25, -0.2) is 0 Å². The highest BCUT2D eigenvalue weighted by Gasteiger charge is 2.13. The van der Waals surface area contributed by atoms with Crippen LogP contribution >= 0.6 is 23.2 Å². The lowest BCUT2D eigenvalue weighted by Crippen LogP contribution is -2.21. The second-order valence-corrected chi connectivity index (χ2v) is 5.62. The van der Waals surface area contributed by atoms with Crippen molar-refractivity contribution in [2.24, 2.45) is 0 Å². The van der Waals surface area contributed by atoms with E-state index in [-0.39, 0.29) is 12.6 Å². The van der Waals surface area contributed by atoms with Crippen LogP contribution in [-0.4, -0.2) is 12.2 Å². The summed E-state index contributed by atoms with van der Waals surface area (Å²) >= 11 is 12.1. The number of benzene rings is 2. The third-order valence-electron chi connectivity index (χ3n) is 3.55. The number of nitrogens with zero attached hydrogens (tertiary/aromatic N) is 1. The molecule has 0 aliphatic heterocycles. The Morgan fingerprint density at radius 2 is 1.75 bits per heavy atom. The van der Waals surface area contributed by atoms with Gasteiger partial charge in [0.25, 0.3) is 0 Å². The Morgan fingerprint density at radius 1 is 1.10 bits per heavy atom. The fourth-order valence-corrected chi connectivity index (χ4v) is 2.43. The molecule has 0 saturated heterocycles. The van der Waals surface area contributed by atoms with Gasteiger partial charge in [0.2, 0.25) is 0 Å². The van der Waals surface area contributed by atoms with E-state index < -0.39 is 0 Å². The molecule has 1 atom stereocenters. The maximum Gasteiger partial charge on any atom is 0.0696 e. The van der Waals surface area contributed by atoms with Crippen LogP contribution in [0.5, 0.6) is 0 Å². The topological polar surface area (TPSA) is 23.5 Å². The largest absolute Gasteiger partial charge is 0.392 e. The quantitative estimate of drug-likeness (QED) is 0.886. The number of anilines is 1. The summed E-state index contributed by atoms with van der Waals surface area (Å²) in [6.07, 6.45) is 0. The first kappa shape index (κ1) is 15.2. The van der Waals surface area contributed by atoms with Gasteiger partial charge in [-0.2, -0.15) is 0 Å². The number of aliphatic hydroxyl groups excluding tert-OH is 1. The van der Waals surface area contributed by atoms with Gasteiger partial charge in [0.15, 0.2) is 0 Å². The molecule has 0 bridgehead atoms. The van der Waals surface area contributed by atoms with Gasteiger partial charge in [0, 0.05) is 22.8 Å². The average Bonchev–Trinajstić information content (AvgIpc) is 2.46. The highest BCUT2D eigenvalue weighted by atomic mass is 35.5. The van der Waals surface area contributed by atoms with Crippen molar-refractivity contribution >= 4 is 28.9 Å². The molecular formula is C16H17Cl2NO. The molecule has 0 spiro atoms. The van der Waals surface area contributed by atoms with Gasteiger partial charge in [0.1, 0.15) is 0 Å². The fourth-order valence-electron chi connectivity index (χ4n) is 2.07. The van der Waals surface area contributed by atoms with Crippen LogP contribution in [0.1, 0.15) is 24.1 Å². The number of hydrogen-bond donors (Lipinski definition) is 1. The Balaban J connectivity index is 2.24. The van der Waals surface area contributed by atoms with Gasteiger partial charge in [-0.1, -0.05) is 41.4 Å². The summed E-state index contributed by atoms with van der Waals surface area (Å²) in [5.74, 6) is 0. The van der Waals surface area contributed by atoms with Crippen LogP contribution in [0.15, 0.2) is 42.5 Å². The zero-order valence-electron chi connectivity index (χ0n) is 11.5. The Hall–Kier alpha value is -1.22. The number of halogens is 2. The van der Waals surface area contributed by atoms with E-state index in [1.807, 2.05) is 49.5 Å². The van der Waals surface area contributed by atoms with Crippen molar-refractivity contribution in [1.82, 2.24) is 0 Å². The third kappa shape index (κ3) is 3.26. The maximum absolute atomic E-state index is 9.15. The zero-order chi connectivity index (χ0) is 14.7. The van der Waals surface area contributed by atoms with Gasteiger partial charge in [0.05, 0.1) is 12.6 Å². The van der Waals surface area contributed by atoms with Gasteiger partial charge in [-0.15, -0.1) is 0 Å². The van der Waals surface area contributed by atoms with E-state index >= 15 is 0 Å². The summed E-state index contributed by atoms with van der Waals surface area (Å²) in [4.78, 5) is 2.14. The Labute approximate surface area is 129 Å². The van der Waals surface area contributed by atoms with Gasteiger partial charge in [-0.05, 0) is 42.3 Å². The van der Waals surface area contributed by atoms with Crippen LogP contribution in [0.2, 0.25) is 10.0 Å². The molecule has 20 heavy (non-hydrogen) atoms. The predicted molar refractivity (Wildman–Crippen MR) is 85.6 cm³/mol. The van der Waals surface area contributed by atoms with E-state index in [1.165, 1.54) is 5.56 Å². The highest BCUT2D eigenvalue weighted by Crippen LogP contribution is 2.29. The van der Waals surface area contributed by atoms with E-state index in [9.17, 15) is 0 Å². The third-order valence-corrected chi connectivity index (χ3v) is 4.15. The summed E-state index contributed by atoms with van der Waals surface area (Å²) in [5, 5.41) is 10.5. The lowest BCUT2D eigenvalue weighted by Gasteiger charge is -2.28. The Kier molecular flexibility index (Phi) is 4.92. The molecule has 0 heterocycles. The van der Waals surface area contributed by atoms with Gasteiger partial charge < -0.3 is 10.0 Å². The van der Waals surface area contributed by atoms with Gasteiger partial charge in [-0.3, -0.25) is 0 Å². The first-order chi connectivity index (χ1) is 9.52. The summed E-state index contributed by atoms with van der Waals surface area (Å²) in [5.41, 5.74) is 2.93. The molecule has 0 aliphatic rings. The minimum atomic E-state index is -0.0461. The van der Waals surface area contributed by atoms with E-state index in [4.69, 9.17) is 28.3 Å². The molecule has 2 nitrogen and oxygen atoms in total. The molecule has 2 rings (SSSR count). The zero-order valence-corrected chi connectivity index (χ0v) is 13.0. The standard InChI is InChI=1S/C16H17Cl2NO/c1-11(12-3-6-14(17)7-4-12)19(2)15-8-5-13(10-20)16(18)9-15/h3-9,11,20H,10H2,1-2H3. The average molecular weight is 310 g/mol. The number of aliphatic hydroxyl groups is 1. The van der Waals surface area contributed by atoms with Crippen LogP contribution in [0.3, 0.4) is 0 Å². The summed E-state index contributed by atoms with van der Waals surface area (Å²) in [6, 6.07) is 13.7. The normalized spacial score (nSPS) is 12.2. The molecule has 0 radical (unpaired) electrons. The predicted octanol–water partition coefficient (Wildman–Crippen LogP) is 4.68. The SMILES string of the molecule is CC(c1ccc(Cl)cc1)N(C)c1ccc(CO)c(Cl)c1.